The van der Waals surface area contributed by atoms with Gasteiger partial charge in [-0.15, -0.1) is 11.3 Å². The molecule has 0 radical (unpaired) electrons. The molecule has 1 saturated heterocycles. The molecule has 0 unspecified atom stereocenters. The van der Waals surface area contributed by atoms with Gasteiger partial charge in [-0.2, -0.15) is 0 Å². The molecule has 2 heterocycles. The number of thiazole rings is 1. The minimum atomic E-state index is -0.300. The van der Waals surface area contributed by atoms with Crippen molar-refractivity contribution in [1.29, 1.82) is 0 Å². The lowest BCUT2D eigenvalue weighted by molar-refractivity contribution is 0.0526. The fourth-order valence-electron chi connectivity index (χ4n) is 3.78. The summed E-state index contributed by atoms with van der Waals surface area (Å²) in [6, 6.07) is 15.2. The molecule has 0 bridgehead atoms. The lowest BCUT2D eigenvalue weighted by Crippen LogP contribution is -2.39. The summed E-state index contributed by atoms with van der Waals surface area (Å²) >= 11 is 1.63. The molecule has 1 aliphatic rings. The van der Waals surface area contributed by atoms with Crippen molar-refractivity contribution >= 4 is 33.6 Å². The van der Waals surface area contributed by atoms with E-state index in [9.17, 15) is 9.59 Å². The molecule has 4 rings (SSSR count). The van der Waals surface area contributed by atoms with E-state index in [0.29, 0.717) is 37.8 Å². The first kappa shape index (κ1) is 21.3. The summed E-state index contributed by atoms with van der Waals surface area (Å²) in [5, 5.41) is 1.07. The maximum atomic E-state index is 12.3. The number of rotatable bonds is 6. The zero-order valence-electron chi connectivity index (χ0n) is 17.6. The lowest BCUT2D eigenvalue weighted by atomic mass is 9.94. The summed E-state index contributed by atoms with van der Waals surface area (Å²) in [7, 11) is 0. The van der Waals surface area contributed by atoms with Gasteiger partial charge in [-0.1, -0.05) is 30.3 Å². The van der Waals surface area contributed by atoms with Crippen molar-refractivity contribution in [2.24, 2.45) is 5.92 Å². The van der Waals surface area contributed by atoms with E-state index in [2.05, 4.69) is 0 Å². The second kappa shape index (κ2) is 9.92. The number of carbonyl (C=O) groups excluding carboxylic acids is 2. The number of hydrogen-bond donors (Lipinski definition) is 0. The van der Waals surface area contributed by atoms with Gasteiger partial charge in [0.05, 0.1) is 27.4 Å². The van der Waals surface area contributed by atoms with Crippen molar-refractivity contribution in [3.05, 3.63) is 64.7 Å². The molecule has 3 aromatic rings. The van der Waals surface area contributed by atoms with Crippen LogP contribution in [0.4, 0.5) is 4.79 Å². The van der Waals surface area contributed by atoms with Gasteiger partial charge in [0.25, 0.3) is 0 Å². The highest BCUT2D eigenvalue weighted by Crippen LogP contribution is 2.28. The Morgan fingerprint density at radius 3 is 2.61 bits per heavy atom. The average Bonchev–Trinajstić information content (AvgIpc) is 3.20. The Kier molecular flexibility index (Phi) is 6.82. The molecule has 1 aromatic heterocycles. The Bertz CT molecular complexity index is 1040. The monoisotopic (exact) mass is 438 g/mol. The van der Waals surface area contributed by atoms with Crippen LogP contribution in [-0.2, 0) is 22.5 Å². The van der Waals surface area contributed by atoms with Crippen LogP contribution in [0.2, 0.25) is 0 Å². The first-order valence-corrected chi connectivity index (χ1v) is 11.5. The van der Waals surface area contributed by atoms with Crippen molar-refractivity contribution in [1.82, 2.24) is 9.88 Å². The predicted octanol–water partition coefficient (Wildman–Crippen LogP) is 5.06. The van der Waals surface area contributed by atoms with Gasteiger partial charge in [0.15, 0.2) is 0 Å². The number of nitrogens with zero attached hydrogens (tertiary/aromatic N) is 2. The molecular weight excluding hydrogens is 412 g/mol. The molecule has 0 spiro atoms. The van der Waals surface area contributed by atoms with E-state index < -0.39 is 0 Å². The number of ether oxygens (including phenoxy) is 2. The van der Waals surface area contributed by atoms with E-state index in [0.717, 1.165) is 40.1 Å². The van der Waals surface area contributed by atoms with Crippen molar-refractivity contribution in [2.45, 2.75) is 32.8 Å². The predicted molar refractivity (Wildman–Crippen MR) is 120 cm³/mol. The minimum absolute atomic E-state index is 0.242. The first-order chi connectivity index (χ1) is 15.1. The fourth-order valence-corrected chi connectivity index (χ4v) is 4.90. The SMILES string of the molecule is CCOC(=O)c1ccc2nc(CC3CCN(C(=O)OCc4ccccc4)CC3)sc2c1. The molecule has 0 aliphatic carbocycles. The molecule has 0 atom stereocenters. The van der Waals surface area contributed by atoms with Crippen molar-refractivity contribution < 1.29 is 19.1 Å². The van der Waals surface area contributed by atoms with Crippen LogP contribution < -0.4 is 0 Å². The van der Waals surface area contributed by atoms with Crippen molar-refractivity contribution in [3.63, 3.8) is 0 Å². The molecule has 2 aromatic carbocycles. The number of fused-ring (bicyclic) bond motifs is 1. The summed E-state index contributed by atoms with van der Waals surface area (Å²) in [5.41, 5.74) is 2.47. The van der Waals surface area contributed by atoms with Gasteiger partial charge in [0.1, 0.15) is 6.61 Å². The van der Waals surface area contributed by atoms with E-state index in [1.54, 1.807) is 29.2 Å². The van der Waals surface area contributed by atoms with Crippen LogP contribution in [0, 0.1) is 5.92 Å². The maximum Gasteiger partial charge on any atom is 0.410 e. The number of esters is 1. The van der Waals surface area contributed by atoms with Crippen LogP contribution in [0.5, 0.6) is 0 Å². The highest BCUT2D eigenvalue weighted by Gasteiger charge is 2.25. The van der Waals surface area contributed by atoms with Gasteiger partial charge in [-0.3, -0.25) is 0 Å². The number of aromatic nitrogens is 1. The minimum Gasteiger partial charge on any atom is -0.462 e. The Morgan fingerprint density at radius 2 is 1.87 bits per heavy atom. The molecule has 6 nitrogen and oxygen atoms in total. The van der Waals surface area contributed by atoms with E-state index in [-0.39, 0.29) is 12.1 Å². The normalized spacial score (nSPS) is 14.5. The second-order valence-electron chi connectivity index (χ2n) is 7.69. The summed E-state index contributed by atoms with van der Waals surface area (Å²) in [4.78, 5) is 30.8. The van der Waals surface area contributed by atoms with Gasteiger partial charge in [0, 0.05) is 19.5 Å². The molecule has 0 saturated carbocycles. The number of carbonyl (C=O) groups is 2. The van der Waals surface area contributed by atoms with Gasteiger partial charge < -0.3 is 14.4 Å². The third kappa shape index (κ3) is 5.41. The van der Waals surface area contributed by atoms with Gasteiger partial charge in [0.2, 0.25) is 0 Å². The lowest BCUT2D eigenvalue weighted by Gasteiger charge is -2.31. The number of benzene rings is 2. The van der Waals surface area contributed by atoms with E-state index >= 15 is 0 Å². The Labute approximate surface area is 185 Å². The van der Waals surface area contributed by atoms with Crippen LogP contribution in [0.25, 0.3) is 10.2 Å². The highest BCUT2D eigenvalue weighted by atomic mass is 32.1. The fraction of sp³-hybridized carbons (Fsp3) is 0.375. The Morgan fingerprint density at radius 1 is 1.10 bits per heavy atom. The largest absolute Gasteiger partial charge is 0.462 e. The molecular formula is C24H26N2O4S. The molecule has 7 heteroatoms. The number of likely N-dealkylation sites (tertiary alicyclic amines) is 1. The maximum absolute atomic E-state index is 12.3. The van der Waals surface area contributed by atoms with Crippen LogP contribution in [0.3, 0.4) is 0 Å². The number of piperidine rings is 1. The zero-order chi connectivity index (χ0) is 21.6. The number of hydrogen-bond acceptors (Lipinski definition) is 6. The topological polar surface area (TPSA) is 68.7 Å². The number of amides is 1. The molecule has 162 valence electrons. The van der Waals surface area contributed by atoms with Crippen LogP contribution in [-0.4, -0.2) is 41.6 Å². The summed E-state index contributed by atoms with van der Waals surface area (Å²) in [6.45, 7) is 3.88. The summed E-state index contributed by atoms with van der Waals surface area (Å²) < 4.78 is 11.5. The molecule has 1 fully saturated rings. The Balaban J connectivity index is 1.28. The van der Waals surface area contributed by atoms with Gasteiger partial charge >= 0.3 is 12.1 Å². The quantitative estimate of drug-likeness (QED) is 0.503. The van der Waals surface area contributed by atoms with Crippen LogP contribution in [0.1, 0.15) is 40.7 Å². The Hall–Kier alpha value is -2.93. The molecule has 0 N–H and O–H groups in total. The van der Waals surface area contributed by atoms with Crippen LogP contribution >= 0.6 is 11.3 Å². The van der Waals surface area contributed by atoms with Crippen LogP contribution in [0.15, 0.2) is 48.5 Å². The third-order valence-corrected chi connectivity index (χ3v) is 6.53. The van der Waals surface area contributed by atoms with E-state index in [4.69, 9.17) is 14.5 Å². The first-order valence-electron chi connectivity index (χ1n) is 10.6. The third-order valence-electron chi connectivity index (χ3n) is 5.49. The molecule has 1 aliphatic heterocycles. The highest BCUT2D eigenvalue weighted by molar-refractivity contribution is 7.18. The second-order valence-corrected chi connectivity index (χ2v) is 8.80. The van der Waals surface area contributed by atoms with Crippen molar-refractivity contribution in [3.8, 4) is 0 Å². The summed E-state index contributed by atoms with van der Waals surface area (Å²) in [6.07, 6.45) is 2.52. The summed E-state index contributed by atoms with van der Waals surface area (Å²) in [5.74, 6) is 0.189. The average molecular weight is 439 g/mol. The standard InChI is InChI=1S/C24H26N2O4S/c1-2-29-23(27)19-8-9-20-21(15-19)31-22(25-20)14-17-10-12-26(13-11-17)24(28)30-16-18-6-4-3-5-7-18/h3-9,15,17H,2,10-14,16H2,1H3. The van der Waals surface area contributed by atoms with Gasteiger partial charge in [-0.05, 0) is 49.4 Å². The molecule has 1 amide bonds. The zero-order valence-corrected chi connectivity index (χ0v) is 18.4. The van der Waals surface area contributed by atoms with E-state index in [1.165, 1.54) is 0 Å². The van der Waals surface area contributed by atoms with Gasteiger partial charge in [-0.25, -0.2) is 14.6 Å². The smallest absolute Gasteiger partial charge is 0.410 e. The van der Waals surface area contributed by atoms with Crippen molar-refractivity contribution in [2.75, 3.05) is 19.7 Å². The molecule has 31 heavy (non-hydrogen) atoms. The van der Waals surface area contributed by atoms with E-state index in [1.807, 2.05) is 42.5 Å².